The van der Waals surface area contributed by atoms with E-state index in [0.29, 0.717) is 17.5 Å². The molecule has 0 aromatic carbocycles. The maximum atomic E-state index is 12.6. The lowest BCUT2D eigenvalue weighted by atomic mass is 9.68. The third-order valence-corrected chi connectivity index (χ3v) is 5.27. The molecule has 0 spiro atoms. The first-order valence-corrected chi connectivity index (χ1v) is 8.41. The molecular formula is C16H22F2N4O5. The number of carbonyl (C=O) groups is 3. The van der Waals surface area contributed by atoms with E-state index < -0.39 is 23.8 Å². The van der Waals surface area contributed by atoms with Crippen molar-refractivity contribution in [3.63, 3.8) is 0 Å². The van der Waals surface area contributed by atoms with E-state index in [1.807, 2.05) is 11.9 Å². The highest BCUT2D eigenvalue weighted by Gasteiger charge is 2.52. The predicted molar refractivity (Wildman–Crippen MR) is 88.4 cm³/mol. The fourth-order valence-corrected chi connectivity index (χ4v) is 3.89. The molecule has 2 atom stereocenters. The third-order valence-electron chi connectivity index (χ3n) is 5.27. The fraction of sp³-hybridized carbons (Fsp3) is 0.625. The van der Waals surface area contributed by atoms with Crippen molar-refractivity contribution in [3.05, 3.63) is 18.0 Å². The van der Waals surface area contributed by atoms with Crippen LogP contribution in [0.4, 0.5) is 8.78 Å². The molecule has 9 nitrogen and oxygen atoms in total. The van der Waals surface area contributed by atoms with Crippen molar-refractivity contribution < 1.29 is 33.4 Å². The van der Waals surface area contributed by atoms with E-state index in [1.54, 1.807) is 0 Å². The van der Waals surface area contributed by atoms with Crippen LogP contribution in [0, 0.1) is 5.41 Å². The van der Waals surface area contributed by atoms with Crippen LogP contribution in [0.15, 0.2) is 12.3 Å². The zero-order valence-corrected chi connectivity index (χ0v) is 14.8. The van der Waals surface area contributed by atoms with Gasteiger partial charge in [-0.25, -0.2) is 4.68 Å². The van der Waals surface area contributed by atoms with Gasteiger partial charge in [0.15, 0.2) is 5.69 Å². The number of aromatic nitrogens is 2. The van der Waals surface area contributed by atoms with Gasteiger partial charge in [-0.05, 0) is 38.9 Å². The van der Waals surface area contributed by atoms with Crippen LogP contribution in [0.3, 0.4) is 0 Å². The summed E-state index contributed by atoms with van der Waals surface area (Å²) in [6, 6.07) is 0.983. The van der Waals surface area contributed by atoms with Crippen LogP contribution in [0.1, 0.15) is 36.3 Å². The van der Waals surface area contributed by atoms with Crippen molar-refractivity contribution in [2.24, 2.45) is 5.41 Å². The molecule has 2 aliphatic heterocycles. The second-order valence-corrected chi connectivity index (χ2v) is 6.63. The number of nitrogens with zero attached hydrogens (tertiary/aromatic N) is 4. The summed E-state index contributed by atoms with van der Waals surface area (Å²) in [6.07, 6.45) is 2.83. The van der Waals surface area contributed by atoms with Crippen LogP contribution in [0.2, 0.25) is 0 Å². The number of piperidine rings is 2. The Morgan fingerprint density at radius 3 is 2.59 bits per heavy atom. The number of alkyl halides is 2. The number of likely N-dealkylation sites (tertiary alicyclic amines) is 2. The first-order chi connectivity index (χ1) is 12.8. The van der Waals surface area contributed by atoms with E-state index >= 15 is 0 Å². The van der Waals surface area contributed by atoms with Crippen molar-refractivity contribution in [2.75, 3.05) is 26.7 Å². The van der Waals surface area contributed by atoms with Crippen molar-refractivity contribution in [1.82, 2.24) is 19.6 Å². The topological polar surface area (TPSA) is 116 Å². The summed E-state index contributed by atoms with van der Waals surface area (Å²) in [4.78, 5) is 36.2. The Hall–Kier alpha value is -2.56. The average molecular weight is 388 g/mol. The third kappa shape index (κ3) is 4.07. The molecule has 2 aliphatic rings. The number of hydrogen-bond acceptors (Lipinski definition) is 5. The summed E-state index contributed by atoms with van der Waals surface area (Å²) >= 11 is 0. The molecule has 0 bridgehead atoms. The molecule has 1 aromatic heterocycles. The van der Waals surface area contributed by atoms with Gasteiger partial charge in [0.1, 0.15) is 0 Å². The van der Waals surface area contributed by atoms with Gasteiger partial charge in [0.2, 0.25) is 0 Å². The molecule has 27 heavy (non-hydrogen) atoms. The minimum absolute atomic E-state index is 0.0448. The number of hydrogen-bond donors (Lipinski definition) is 2. The molecule has 11 heteroatoms. The Labute approximate surface area is 154 Å². The molecule has 0 saturated carbocycles. The minimum Gasteiger partial charge on any atom is -0.483 e. The largest absolute Gasteiger partial charge is 0.483 e. The Balaban J connectivity index is 0.000000817. The number of carboxylic acids is 1. The molecule has 3 heterocycles. The van der Waals surface area contributed by atoms with E-state index in [1.165, 1.54) is 11.0 Å². The lowest BCUT2D eigenvalue weighted by Crippen LogP contribution is -2.63. The Kier molecular flexibility index (Phi) is 6.47. The lowest BCUT2D eigenvalue weighted by molar-refractivity contribution is -0.161. The Bertz CT molecular complexity index is 698. The minimum atomic E-state index is -2.79. The van der Waals surface area contributed by atoms with Gasteiger partial charge in [0.05, 0.1) is 5.41 Å². The molecule has 2 saturated heterocycles. The molecule has 0 radical (unpaired) electrons. The van der Waals surface area contributed by atoms with Crippen LogP contribution in [0.25, 0.3) is 0 Å². The summed E-state index contributed by atoms with van der Waals surface area (Å²) in [5, 5.41) is 20.2. The van der Waals surface area contributed by atoms with Gasteiger partial charge < -0.3 is 20.0 Å². The summed E-state index contributed by atoms with van der Waals surface area (Å²) in [6.45, 7) is -1.71. The predicted octanol–water partition coefficient (Wildman–Crippen LogP) is 0.990. The second-order valence-electron chi connectivity index (χ2n) is 6.63. The number of carbonyl (C=O) groups excluding carboxylic acids is 1. The van der Waals surface area contributed by atoms with E-state index in [9.17, 15) is 23.5 Å². The van der Waals surface area contributed by atoms with Gasteiger partial charge in [0.25, 0.3) is 12.4 Å². The number of fused-ring (bicyclic) bond motifs is 1. The Morgan fingerprint density at radius 2 is 2.04 bits per heavy atom. The lowest BCUT2D eigenvalue weighted by Gasteiger charge is -2.51. The first kappa shape index (κ1) is 20.7. The number of likely N-dealkylation sites (N-methyl/N-ethyl adjacent to an activating group) is 1. The number of rotatable bonds is 3. The van der Waals surface area contributed by atoms with Gasteiger partial charge in [-0.2, -0.15) is 13.9 Å². The van der Waals surface area contributed by atoms with Crippen LogP contribution in [-0.4, -0.2) is 80.9 Å². The monoisotopic (exact) mass is 388 g/mol. The van der Waals surface area contributed by atoms with Crippen LogP contribution < -0.4 is 0 Å². The van der Waals surface area contributed by atoms with Gasteiger partial charge in [0, 0.05) is 25.3 Å². The molecule has 1 amide bonds. The summed E-state index contributed by atoms with van der Waals surface area (Å²) in [5.41, 5.74) is -0.886. The van der Waals surface area contributed by atoms with Crippen molar-refractivity contribution in [3.8, 4) is 0 Å². The molecule has 0 unspecified atom stereocenters. The van der Waals surface area contributed by atoms with Gasteiger partial charge >= 0.3 is 12.5 Å². The maximum Gasteiger partial charge on any atom is 0.333 e. The SMILES string of the molecule is CN1CCC[C@]2(C(=O)O)CCN(C(=O)c3ccn(C(F)F)n3)C[C@@H]12.O=CO. The average Bonchev–Trinajstić information content (AvgIpc) is 3.12. The van der Waals surface area contributed by atoms with E-state index in [0.717, 1.165) is 19.2 Å². The number of carboxylic acid groups (broad SMARTS) is 2. The molecule has 3 rings (SSSR count). The van der Waals surface area contributed by atoms with Crippen LogP contribution in [0.5, 0.6) is 0 Å². The van der Waals surface area contributed by atoms with Gasteiger partial charge in [-0.1, -0.05) is 0 Å². The van der Waals surface area contributed by atoms with E-state index in [2.05, 4.69) is 5.10 Å². The fourth-order valence-electron chi connectivity index (χ4n) is 3.89. The molecular weight excluding hydrogens is 366 g/mol. The van der Waals surface area contributed by atoms with E-state index in [4.69, 9.17) is 9.90 Å². The first-order valence-electron chi connectivity index (χ1n) is 8.41. The Morgan fingerprint density at radius 1 is 1.37 bits per heavy atom. The molecule has 2 fully saturated rings. The highest BCUT2D eigenvalue weighted by Crippen LogP contribution is 2.42. The van der Waals surface area contributed by atoms with Gasteiger partial charge in [-0.3, -0.25) is 14.4 Å². The van der Waals surface area contributed by atoms with Crippen LogP contribution >= 0.6 is 0 Å². The number of aliphatic carboxylic acids is 1. The highest BCUT2D eigenvalue weighted by molar-refractivity contribution is 5.92. The second kappa shape index (κ2) is 8.42. The summed E-state index contributed by atoms with van der Waals surface area (Å²) < 4.78 is 25.6. The molecule has 1 aromatic rings. The smallest absolute Gasteiger partial charge is 0.333 e. The normalized spacial score (nSPS) is 25.3. The summed E-state index contributed by atoms with van der Waals surface area (Å²) in [7, 11) is 1.86. The standard InChI is InChI=1S/C15H20F2N4O3.CH2O2/c1-19-6-2-4-15(13(23)24)5-8-20(9-11(15)19)12(22)10-3-7-21(18-10)14(16)17;2-1-3/h3,7,11,14H,2,4-6,8-9H2,1H3,(H,23,24);1H,(H,2,3)/t11-,15+;/m1./s1. The van der Waals surface area contributed by atoms with Crippen molar-refractivity contribution >= 4 is 18.3 Å². The zero-order chi connectivity index (χ0) is 20.2. The van der Waals surface area contributed by atoms with Crippen molar-refractivity contribution in [1.29, 1.82) is 0 Å². The molecule has 150 valence electrons. The van der Waals surface area contributed by atoms with Gasteiger partial charge in [-0.15, -0.1) is 0 Å². The molecule has 2 N–H and O–H groups in total. The summed E-state index contributed by atoms with van der Waals surface area (Å²) in [5.74, 6) is -1.26. The zero-order valence-electron chi connectivity index (χ0n) is 14.8. The van der Waals surface area contributed by atoms with E-state index in [-0.39, 0.29) is 31.3 Å². The highest BCUT2D eigenvalue weighted by atomic mass is 19.3. The quantitative estimate of drug-likeness (QED) is 0.742. The van der Waals surface area contributed by atoms with Crippen molar-refractivity contribution in [2.45, 2.75) is 31.9 Å². The number of halogens is 2. The molecule has 0 aliphatic carbocycles. The van der Waals surface area contributed by atoms with Crippen LogP contribution in [-0.2, 0) is 9.59 Å². The number of amides is 1. The maximum absolute atomic E-state index is 12.6.